The van der Waals surface area contributed by atoms with E-state index in [2.05, 4.69) is 5.32 Å². The van der Waals surface area contributed by atoms with Crippen LogP contribution in [0.5, 0.6) is 11.5 Å². The van der Waals surface area contributed by atoms with Gasteiger partial charge in [-0.1, -0.05) is 29.8 Å². The van der Waals surface area contributed by atoms with Crippen LogP contribution >= 0.6 is 22.9 Å². The summed E-state index contributed by atoms with van der Waals surface area (Å²) < 4.78 is 16.9. The molecule has 0 unspecified atom stereocenters. The van der Waals surface area contributed by atoms with E-state index in [1.54, 1.807) is 18.2 Å². The summed E-state index contributed by atoms with van der Waals surface area (Å²) in [6.07, 6.45) is 0. The molecule has 0 aliphatic carbocycles. The summed E-state index contributed by atoms with van der Waals surface area (Å²) in [6.45, 7) is 0.532. The molecule has 0 spiro atoms. The molecule has 27 heavy (non-hydrogen) atoms. The Hall–Kier alpha value is -2.77. The number of carbonyl (C=O) groups is 2. The molecule has 1 aromatic heterocycles. The van der Waals surface area contributed by atoms with Gasteiger partial charge >= 0.3 is 5.97 Å². The minimum absolute atomic E-state index is 0.282. The third-order valence-electron chi connectivity index (χ3n) is 3.88. The molecule has 0 bridgehead atoms. The Morgan fingerprint density at radius 1 is 1.11 bits per heavy atom. The maximum absolute atomic E-state index is 12.3. The number of esters is 1. The standard InChI is InChI=1S/C19H14ClNO5S/c20-17-12-3-1-2-4-15(12)27-18(17)19(23)26-10-16(22)21-11-5-6-13-14(9-11)25-8-7-24-13/h1-6,9H,7-8,10H2,(H,21,22). The first kappa shape index (κ1) is 17.6. The largest absolute Gasteiger partial charge is 0.486 e. The van der Waals surface area contributed by atoms with Crippen molar-refractivity contribution in [2.75, 3.05) is 25.1 Å². The second-order valence-corrected chi connectivity index (χ2v) is 7.15. The number of benzene rings is 2. The van der Waals surface area contributed by atoms with Gasteiger partial charge in [0, 0.05) is 21.8 Å². The predicted molar refractivity (Wildman–Crippen MR) is 103 cm³/mol. The molecular weight excluding hydrogens is 390 g/mol. The molecule has 0 radical (unpaired) electrons. The van der Waals surface area contributed by atoms with Gasteiger partial charge in [0.15, 0.2) is 18.1 Å². The first-order valence-corrected chi connectivity index (χ1v) is 9.35. The molecule has 1 N–H and O–H groups in total. The first-order chi connectivity index (χ1) is 13.1. The molecule has 138 valence electrons. The highest BCUT2D eigenvalue weighted by molar-refractivity contribution is 7.21. The number of amides is 1. The average molecular weight is 404 g/mol. The Labute approximate surface area is 163 Å². The van der Waals surface area contributed by atoms with Crippen molar-refractivity contribution in [3.63, 3.8) is 0 Å². The zero-order chi connectivity index (χ0) is 18.8. The van der Waals surface area contributed by atoms with Gasteiger partial charge in [-0.05, 0) is 18.2 Å². The van der Waals surface area contributed by atoms with E-state index in [1.807, 2.05) is 24.3 Å². The number of hydrogen-bond acceptors (Lipinski definition) is 6. The lowest BCUT2D eigenvalue weighted by Crippen LogP contribution is -2.21. The summed E-state index contributed by atoms with van der Waals surface area (Å²) in [5.41, 5.74) is 0.528. The lowest BCUT2D eigenvalue weighted by Gasteiger charge is -2.19. The van der Waals surface area contributed by atoms with Crippen LogP contribution in [0.4, 0.5) is 5.69 Å². The second kappa shape index (κ2) is 7.46. The van der Waals surface area contributed by atoms with Gasteiger partial charge in [-0.3, -0.25) is 4.79 Å². The third kappa shape index (κ3) is 3.70. The molecule has 1 aliphatic rings. The molecule has 0 atom stereocenters. The van der Waals surface area contributed by atoms with Gasteiger partial charge < -0.3 is 19.5 Å². The minimum Gasteiger partial charge on any atom is -0.486 e. The summed E-state index contributed by atoms with van der Waals surface area (Å²) in [5.74, 6) is 0.106. The van der Waals surface area contributed by atoms with Crippen LogP contribution in [0.3, 0.4) is 0 Å². The van der Waals surface area contributed by atoms with Crippen LogP contribution in [0.2, 0.25) is 5.02 Å². The van der Waals surface area contributed by atoms with E-state index in [-0.39, 0.29) is 4.88 Å². The Morgan fingerprint density at radius 2 is 1.89 bits per heavy atom. The van der Waals surface area contributed by atoms with Crippen molar-refractivity contribution in [1.82, 2.24) is 0 Å². The maximum atomic E-state index is 12.3. The van der Waals surface area contributed by atoms with Gasteiger partial charge in [-0.2, -0.15) is 0 Å². The van der Waals surface area contributed by atoms with Gasteiger partial charge in [-0.15, -0.1) is 11.3 Å². The number of rotatable bonds is 4. The minimum atomic E-state index is -0.626. The van der Waals surface area contributed by atoms with Crippen LogP contribution in [0, 0.1) is 0 Å². The van der Waals surface area contributed by atoms with Crippen molar-refractivity contribution in [2.45, 2.75) is 0 Å². The molecule has 3 aromatic rings. The number of fused-ring (bicyclic) bond motifs is 2. The van der Waals surface area contributed by atoms with Crippen molar-refractivity contribution in [3.05, 3.63) is 52.4 Å². The van der Waals surface area contributed by atoms with Crippen LogP contribution < -0.4 is 14.8 Å². The van der Waals surface area contributed by atoms with E-state index in [4.69, 9.17) is 25.8 Å². The van der Waals surface area contributed by atoms with Crippen LogP contribution in [0.1, 0.15) is 9.67 Å². The van der Waals surface area contributed by atoms with Gasteiger partial charge in [0.1, 0.15) is 18.1 Å². The molecule has 0 saturated heterocycles. The fraction of sp³-hybridized carbons (Fsp3) is 0.158. The highest BCUT2D eigenvalue weighted by atomic mass is 35.5. The van der Waals surface area contributed by atoms with Gasteiger partial charge in [-0.25, -0.2) is 4.79 Å². The zero-order valence-electron chi connectivity index (χ0n) is 14.0. The molecule has 0 fully saturated rings. The third-order valence-corrected chi connectivity index (χ3v) is 5.54. The zero-order valence-corrected chi connectivity index (χ0v) is 15.6. The van der Waals surface area contributed by atoms with Crippen molar-refractivity contribution < 1.29 is 23.8 Å². The summed E-state index contributed by atoms with van der Waals surface area (Å²) in [6, 6.07) is 12.5. The molecule has 2 heterocycles. The molecule has 2 aromatic carbocycles. The maximum Gasteiger partial charge on any atom is 0.350 e. The summed E-state index contributed by atoms with van der Waals surface area (Å²) in [5, 5.41) is 3.79. The van der Waals surface area contributed by atoms with Crippen LogP contribution in [-0.2, 0) is 9.53 Å². The smallest absolute Gasteiger partial charge is 0.350 e. The van der Waals surface area contributed by atoms with E-state index in [0.717, 1.165) is 10.1 Å². The molecule has 0 saturated carbocycles. The highest BCUT2D eigenvalue weighted by Crippen LogP contribution is 2.35. The summed E-state index contributed by atoms with van der Waals surface area (Å²) in [4.78, 5) is 24.6. The lowest BCUT2D eigenvalue weighted by atomic mass is 10.2. The Bertz CT molecular complexity index is 1030. The number of carbonyl (C=O) groups excluding carboxylic acids is 2. The highest BCUT2D eigenvalue weighted by Gasteiger charge is 2.19. The number of anilines is 1. The molecule has 8 heteroatoms. The van der Waals surface area contributed by atoms with Crippen LogP contribution in [-0.4, -0.2) is 31.7 Å². The van der Waals surface area contributed by atoms with Crippen molar-refractivity contribution in [1.29, 1.82) is 0 Å². The molecular formula is C19H14ClNO5S. The van der Waals surface area contributed by atoms with Crippen molar-refractivity contribution in [3.8, 4) is 11.5 Å². The van der Waals surface area contributed by atoms with Crippen molar-refractivity contribution >= 4 is 50.6 Å². The lowest BCUT2D eigenvalue weighted by molar-refractivity contribution is -0.119. The number of ether oxygens (including phenoxy) is 3. The Morgan fingerprint density at radius 3 is 2.70 bits per heavy atom. The summed E-state index contributed by atoms with van der Waals surface area (Å²) in [7, 11) is 0. The number of halogens is 1. The van der Waals surface area contributed by atoms with Crippen LogP contribution in [0.15, 0.2) is 42.5 Å². The quantitative estimate of drug-likeness (QED) is 0.663. The average Bonchev–Trinajstić information content (AvgIpc) is 3.03. The van der Waals surface area contributed by atoms with E-state index in [9.17, 15) is 9.59 Å². The van der Waals surface area contributed by atoms with E-state index < -0.39 is 18.5 Å². The monoisotopic (exact) mass is 403 g/mol. The Kier molecular flexibility index (Phi) is 4.87. The topological polar surface area (TPSA) is 73.9 Å². The predicted octanol–water partition coefficient (Wildman–Crippen LogP) is 4.12. The molecule has 6 nitrogen and oxygen atoms in total. The first-order valence-electron chi connectivity index (χ1n) is 8.15. The normalized spacial score (nSPS) is 12.6. The number of hydrogen-bond donors (Lipinski definition) is 1. The molecule has 1 aliphatic heterocycles. The number of thiophene rings is 1. The fourth-order valence-corrected chi connectivity index (χ4v) is 4.06. The Balaban J connectivity index is 1.38. The van der Waals surface area contributed by atoms with E-state index >= 15 is 0 Å². The molecule has 1 amide bonds. The van der Waals surface area contributed by atoms with Crippen LogP contribution in [0.25, 0.3) is 10.1 Å². The van der Waals surface area contributed by atoms with Gasteiger partial charge in [0.2, 0.25) is 0 Å². The van der Waals surface area contributed by atoms with Gasteiger partial charge in [0.25, 0.3) is 5.91 Å². The van der Waals surface area contributed by atoms with Gasteiger partial charge in [0.05, 0.1) is 5.02 Å². The van der Waals surface area contributed by atoms with Crippen molar-refractivity contribution in [2.24, 2.45) is 0 Å². The number of nitrogens with one attached hydrogen (secondary N) is 1. The van der Waals surface area contributed by atoms with E-state index in [0.29, 0.717) is 35.4 Å². The second-order valence-electron chi connectivity index (χ2n) is 5.72. The fourth-order valence-electron chi connectivity index (χ4n) is 2.66. The SMILES string of the molecule is O=C(COC(=O)c1sc2ccccc2c1Cl)Nc1ccc2c(c1)OCCO2. The van der Waals surface area contributed by atoms with E-state index in [1.165, 1.54) is 11.3 Å². The summed E-state index contributed by atoms with van der Waals surface area (Å²) >= 11 is 7.48. The molecule has 4 rings (SSSR count).